The van der Waals surface area contributed by atoms with Crippen LogP contribution in [0.2, 0.25) is 10.0 Å². The average molecular weight is 528 g/mol. The van der Waals surface area contributed by atoms with Gasteiger partial charge in [-0.05, 0) is 66.1 Å². The van der Waals surface area contributed by atoms with Crippen molar-refractivity contribution in [3.05, 3.63) is 93.5 Å². The molecule has 36 heavy (non-hydrogen) atoms. The molecule has 3 aromatic rings. The van der Waals surface area contributed by atoms with Crippen LogP contribution in [0.4, 0.5) is 5.69 Å². The van der Waals surface area contributed by atoms with Crippen molar-refractivity contribution in [2.45, 2.75) is 20.5 Å². The Morgan fingerprint density at radius 1 is 0.972 bits per heavy atom. The Labute approximate surface area is 220 Å². The number of carbonyl (C=O) groups excluding carboxylic acids is 2. The fourth-order valence-electron chi connectivity index (χ4n) is 3.10. The highest BCUT2D eigenvalue weighted by Crippen LogP contribution is 2.31. The molecule has 188 valence electrons. The minimum atomic E-state index is -0.391. The number of benzene rings is 3. The van der Waals surface area contributed by atoms with E-state index in [-0.39, 0.29) is 18.4 Å². The van der Waals surface area contributed by atoms with Gasteiger partial charge in [0, 0.05) is 27.4 Å². The van der Waals surface area contributed by atoms with E-state index in [4.69, 9.17) is 37.4 Å². The normalized spacial score (nSPS) is 10.9. The van der Waals surface area contributed by atoms with E-state index in [0.29, 0.717) is 45.0 Å². The maximum atomic E-state index is 12.4. The van der Waals surface area contributed by atoms with E-state index in [9.17, 15) is 9.59 Å². The molecule has 1 N–H and O–H groups in total. The van der Waals surface area contributed by atoms with E-state index in [0.717, 1.165) is 5.56 Å². The van der Waals surface area contributed by atoms with E-state index in [1.54, 1.807) is 66.7 Å². The van der Waals surface area contributed by atoms with Gasteiger partial charge in [0.1, 0.15) is 6.61 Å². The van der Waals surface area contributed by atoms with Gasteiger partial charge in [0.25, 0.3) is 0 Å². The Hall–Kier alpha value is -3.48. The lowest BCUT2D eigenvalue weighted by Crippen LogP contribution is -2.11. The summed E-state index contributed by atoms with van der Waals surface area (Å²) in [7, 11) is 1.53. The van der Waals surface area contributed by atoms with Gasteiger partial charge in [-0.2, -0.15) is 0 Å². The van der Waals surface area contributed by atoms with Crippen LogP contribution in [0, 0.1) is 5.92 Å². The quantitative estimate of drug-likeness (QED) is 0.226. The highest BCUT2D eigenvalue weighted by atomic mass is 35.5. The third-order valence-electron chi connectivity index (χ3n) is 4.98. The highest BCUT2D eigenvalue weighted by Gasteiger charge is 2.11. The number of halogens is 2. The Morgan fingerprint density at radius 2 is 1.67 bits per heavy atom. The van der Waals surface area contributed by atoms with Crippen LogP contribution in [0.15, 0.2) is 66.7 Å². The number of nitrogens with one attached hydrogen (secondary N) is 1. The third-order valence-corrected chi connectivity index (χ3v) is 5.69. The second-order valence-electron chi connectivity index (χ2n) is 8.29. The largest absolute Gasteiger partial charge is 0.493 e. The Balaban J connectivity index is 1.59. The number of esters is 1. The molecule has 0 spiro atoms. The molecule has 0 radical (unpaired) electrons. The van der Waals surface area contributed by atoms with Crippen LogP contribution in [0.5, 0.6) is 11.5 Å². The van der Waals surface area contributed by atoms with E-state index in [1.165, 1.54) is 13.2 Å². The summed E-state index contributed by atoms with van der Waals surface area (Å²) in [5.41, 5.74) is 2.41. The summed E-state index contributed by atoms with van der Waals surface area (Å²) >= 11 is 12.4. The summed E-state index contributed by atoms with van der Waals surface area (Å²) < 4.78 is 16.5. The van der Waals surface area contributed by atoms with Crippen LogP contribution in [0.25, 0.3) is 6.08 Å². The summed E-state index contributed by atoms with van der Waals surface area (Å²) in [5.74, 6) is 0.564. The summed E-state index contributed by atoms with van der Waals surface area (Å²) in [6.07, 6.45) is 3.06. The Bertz CT molecular complexity index is 1220. The first kappa shape index (κ1) is 27.1. The molecule has 0 bridgehead atoms. The maximum absolute atomic E-state index is 12.4. The minimum Gasteiger partial charge on any atom is -0.493 e. The number of ether oxygens (including phenoxy) is 3. The highest BCUT2D eigenvalue weighted by molar-refractivity contribution is 6.35. The number of hydrogen-bond donors (Lipinski definition) is 1. The topological polar surface area (TPSA) is 73.9 Å². The molecular formula is C28H27Cl2NO5. The van der Waals surface area contributed by atoms with Crippen LogP contribution in [-0.4, -0.2) is 25.6 Å². The maximum Gasteiger partial charge on any atom is 0.338 e. The molecule has 1 amide bonds. The van der Waals surface area contributed by atoms with Gasteiger partial charge in [-0.25, -0.2) is 4.79 Å². The molecule has 3 aromatic carbocycles. The smallest absolute Gasteiger partial charge is 0.338 e. The summed E-state index contributed by atoms with van der Waals surface area (Å²) in [6, 6.07) is 17.1. The Morgan fingerprint density at radius 3 is 2.31 bits per heavy atom. The molecule has 0 unspecified atom stereocenters. The molecular weight excluding hydrogens is 501 g/mol. The van der Waals surface area contributed by atoms with E-state index in [1.807, 2.05) is 13.8 Å². The van der Waals surface area contributed by atoms with Gasteiger partial charge >= 0.3 is 5.97 Å². The van der Waals surface area contributed by atoms with Crippen molar-refractivity contribution in [3.63, 3.8) is 0 Å². The van der Waals surface area contributed by atoms with Crippen molar-refractivity contribution in [1.82, 2.24) is 0 Å². The molecule has 6 nitrogen and oxygen atoms in total. The summed E-state index contributed by atoms with van der Waals surface area (Å²) in [5, 5.41) is 3.80. The standard InChI is InChI=1S/C28H27Cl2NO5/c1-18(2)16-36-28(33)20-9-11-21(12-10-20)31-27(32)14-8-19-7-13-25(26(15-19)34-3)35-17-22-23(29)5-4-6-24(22)30/h4-15,18H,16-17H2,1-3H3,(H,31,32)/b14-8+. The lowest BCUT2D eigenvalue weighted by Gasteiger charge is -2.13. The van der Waals surface area contributed by atoms with Crippen LogP contribution in [-0.2, 0) is 16.1 Å². The van der Waals surface area contributed by atoms with Gasteiger partial charge in [-0.15, -0.1) is 0 Å². The number of hydrogen-bond acceptors (Lipinski definition) is 5. The monoisotopic (exact) mass is 527 g/mol. The SMILES string of the molecule is COc1cc(/C=C/C(=O)Nc2ccc(C(=O)OCC(C)C)cc2)ccc1OCc1c(Cl)cccc1Cl. The first-order valence-electron chi connectivity index (χ1n) is 11.3. The van der Waals surface area contributed by atoms with Gasteiger partial charge in [0.15, 0.2) is 11.5 Å². The van der Waals surface area contributed by atoms with Crippen LogP contribution < -0.4 is 14.8 Å². The average Bonchev–Trinajstić information content (AvgIpc) is 2.86. The third kappa shape index (κ3) is 7.77. The van der Waals surface area contributed by atoms with Gasteiger partial charge in [0.2, 0.25) is 5.91 Å². The molecule has 0 aliphatic rings. The number of anilines is 1. The van der Waals surface area contributed by atoms with Crippen LogP contribution in [0.3, 0.4) is 0 Å². The number of methoxy groups -OCH3 is 1. The Kier molecular flexibility index (Phi) is 9.79. The van der Waals surface area contributed by atoms with Crippen molar-refractivity contribution >= 4 is 46.8 Å². The van der Waals surface area contributed by atoms with E-state index in [2.05, 4.69) is 5.32 Å². The van der Waals surface area contributed by atoms with Crippen molar-refractivity contribution in [3.8, 4) is 11.5 Å². The predicted octanol–water partition coefficient (Wildman–Crippen LogP) is 7.05. The zero-order valence-corrected chi connectivity index (χ0v) is 21.7. The molecule has 0 saturated heterocycles. The lowest BCUT2D eigenvalue weighted by atomic mass is 10.1. The van der Waals surface area contributed by atoms with Gasteiger partial charge in [-0.1, -0.05) is 49.2 Å². The second kappa shape index (κ2) is 13.0. The zero-order valence-electron chi connectivity index (χ0n) is 20.2. The zero-order chi connectivity index (χ0) is 26.1. The predicted molar refractivity (Wildman–Crippen MR) is 143 cm³/mol. The fourth-order valence-corrected chi connectivity index (χ4v) is 3.60. The number of amides is 1. The van der Waals surface area contributed by atoms with Gasteiger partial charge in [-0.3, -0.25) is 4.79 Å². The fraction of sp³-hybridized carbons (Fsp3) is 0.214. The molecule has 0 fully saturated rings. The lowest BCUT2D eigenvalue weighted by molar-refractivity contribution is -0.111. The molecule has 3 rings (SSSR count). The van der Waals surface area contributed by atoms with E-state index < -0.39 is 5.97 Å². The van der Waals surface area contributed by atoms with E-state index >= 15 is 0 Å². The van der Waals surface area contributed by atoms with Gasteiger partial charge in [0.05, 0.1) is 19.3 Å². The number of rotatable bonds is 10. The van der Waals surface area contributed by atoms with Crippen molar-refractivity contribution in [1.29, 1.82) is 0 Å². The first-order chi connectivity index (χ1) is 17.3. The molecule has 0 aliphatic carbocycles. The number of carbonyl (C=O) groups is 2. The van der Waals surface area contributed by atoms with Gasteiger partial charge < -0.3 is 19.5 Å². The molecule has 0 saturated carbocycles. The summed E-state index contributed by atoms with van der Waals surface area (Å²) in [6.45, 7) is 4.48. The van der Waals surface area contributed by atoms with Crippen molar-refractivity contribution in [2.24, 2.45) is 5.92 Å². The van der Waals surface area contributed by atoms with Crippen molar-refractivity contribution < 1.29 is 23.8 Å². The molecule has 0 atom stereocenters. The first-order valence-corrected chi connectivity index (χ1v) is 12.0. The molecule has 0 heterocycles. The van der Waals surface area contributed by atoms with Crippen LogP contribution in [0.1, 0.15) is 35.3 Å². The second-order valence-corrected chi connectivity index (χ2v) is 9.11. The summed E-state index contributed by atoms with van der Waals surface area (Å²) in [4.78, 5) is 24.4. The minimum absolute atomic E-state index is 0.181. The molecule has 0 aliphatic heterocycles. The molecule has 8 heteroatoms. The van der Waals surface area contributed by atoms with Crippen molar-refractivity contribution in [2.75, 3.05) is 19.0 Å². The van der Waals surface area contributed by atoms with Crippen LogP contribution >= 0.6 is 23.2 Å². The molecule has 0 aromatic heterocycles.